The fourth-order valence-corrected chi connectivity index (χ4v) is 2.64. The van der Waals surface area contributed by atoms with Crippen LogP contribution in [0.3, 0.4) is 0 Å². The van der Waals surface area contributed by atoms with Crippen molar-refractivity contribution >= 4 is 23.0 Å². The Labute approximate surface area is 125 Å². The zero-order valence-electron chi connectivity index (χ0n) is 11.1. The summed E-state index contributed by atoms with van der Waals surface area (Å²) in [7, 11) is 0. The van der Waals surface area contributed by atoms with Crippen molar-refractivity contribution in [3.05, 3.63) is 61.8 Å². The zero-order valence-corrected chi connectivity index (χ0v) is 11.9. The summed E-state index contributed by atoms with van der Waals surface area (Å²) in [6.45, 7) is 1.34. The second kappa shape index (κ2) is 6.96. The van der Waals surface area contributed by atoms with E-state index in [0.29, 0.717) is 12.1 Å². The molecule has 1 aromatic heterocycles. The number of thiophene rings is 1. The van der Waals surface area contributed by atoms with Crippen LogP contribution in [0.25, 0.3) is 0 Å². The predicted octanol–water partition coefficient (Wildman–Crippen LogP) is 2.69. The molecule has 2 aromatic rings. The Balaban J connectivity index is 1.76. The van der Waals surface area contributed by atoms with E-state index >= 15 is 0 Å². The van der Waals surface area contributed by atoms with Crippen LogP contribution in [-0.2, 0) is 13.0 Å². The minimum absolute atomic E-state index is 0.0893. The number of benzene rings is 1. The maximum absolute atomic E-state index is 10.7. The number of nitrogens with one attached hydrogen (secondary N) is 1. The number of rotatable bonds is 7. The maximum atomic E-state index is 10.7. The summed E-state index contributed by atoms with van der Waals surface area (Å²) in [5, 5.41) is 24.2. The van der Waals surface area contributed by atoms with Crippen LogP contribution in [0.5, 0.6) is 0 Å². The molecular formula is C14H14N2O4S. The molecule has 0 aliphatic rings. The quantitative estimate of drug-likeness (QED) is 0.466. The molecule has 0 fully saturated rings. The fourth-order valence-electron chi connectivity index (χ4n) is 1.81. The third-order valence-electron chi connectivity index (χ3n) is 2.94. The number of nitro groups is 1. The van der Waals surface area contributed by atoms with Gasteiger partial charge in [0.25, 0.3) is 5.69 Å². The van der Waals surface area contributed by atoms with E-state index in [0.717, 1.165) is 23.4 Å². The molecule has 0 saturated heterocycles. The molecule has 21 heavy (non-hydrogen) atoms. The summed E-state index contributed by atoms with van der Waals surface area (Å²) in [5.74, 6) is -0.914. The van der Waals surface area contributed by atoms with Gasteiger partial charge in [0, 0.05) is 28.9 Å². The minimum Gasteiger partial charge on any atom is -0.478 e. The first-order valence-corrected chi connectivity index (χ1v) is 7.19. The van der Waals surface area contributed by atoms with E-state index in [-0.39, 0.29) is 5.69 Å². The maximum Gasteiger partial charge on any atom is 0.336 e. The van der Waals surface area contributed by atoms with Gasteiger partial charge in [-0.25, -0.2) is 4.79 Å². The average Bonchev–Trinajstić information content (AvgIpc) is 2.93. The van der Waals surface area contributed by atoms with Crippen LogP contribution in [0.4, 0.5) is 5.69 Å². The number of hydrogen-bond donors (Lipinski definition) is 2. The Morgan fingerprint density at radius 3 is 2.62 bits per heavy atom. The molecule has 0 saturated carbocycles. The molecule has 1 heterocycles. The number of carboxylic acids is 1. The van der Waals surface area contributed by atoms with E-state index < -0.39 is 10.9 Å². The lowest BCUT2D eigenvalue weighted by atomic mass is 10.1. The summed E-state index contributed by atoms with van der Waals surface area (Å²) >= 11 is 1.41. The third kappa shape index (κ3) is 4.37. The molecule has 2 N–H and O–H groups in total. The van der Waals surface area contributed by atoms with Gasteiger partial charge in [-0.3, -0.25) is 10.1 Å². The van der Waals surface area contributed by atoms with E-state index in [9.17, 15) is 14.9 Å². The second-order valence-electron chi connectivity index (χ2n) is 4.46. The standard InChI is InChI=1S/C14H14N2O4S/c17-14(18)11-7-13(21-9-11)8-15-6-5-10-1-3-12(4-2-10)16(19)20/h1-4,7,9,15H,5-6,8H2,(H,17,18). The molecule has 110 valence electrons. The first-order valence-electron chi connectivity index (χ1n) is 6.31. The average molecular weight is 306 g/mol. The molecule has 0 spiro atoms. The molecular weight excluding hydrogens is 292 g/mol. The molecule has 1 aromatic carbocycles. The van der Waals surface area contributed by atoms with Crippen molar-refractivity contribution in [2.45, 2.75) is 13.0 Å². The number of aromatic carboxylic acids is 1. The highest BCUT2D eigenvalue weighted by Gasteiger charge is 2.06. The number of hydrogen-bond acceptors (Lipinski definition) is 5. The molecule has 0 atom stereocenters. The van der Waals surface area contributed by atoms with Gasteiger partial charge >= 0.3 is 5.97 Å². The lowest BCUT2D eigenvalue weighted by Gasteiger charge is -2.03. The Bertz CT molecular complexity index is 637. The monoisotopic (exact) mass is 306 g/mol. The van der Waals surface area contributed by atoms with E-state index in [4.69, 9.17) is 5.11 Å². The Morgan fingerprint density at radius 2 is 2.05 bits per heavy atom. The van der Waals surface area contributed by atoms with Gasteiger partial charge in [0.05, 0.1) is 10.5 Å². The van der Waals surface area contributed by atoms with Crippen LogP contribution in [0.2, 0.25) is 0 Å². The number of carboxylic acid groups (broad SMARTS) is 1. The molecule has 0 amide bonds. The SMILES string of the molecule is O=C(O)c1csc(CNCCc2ccc([N+](=O)[O-])cc2)c1. The van der Waals surface area contributed by atoms with Gasteiger partial charge in [-0.1, -0.05) is 12.1 Å². The lowest BCUT2D eigenvalue weighted by Crippen LogP contribution is -2.16. The Kier molecular flexibility index (Phi) is 5.02. The van der Waals surface area contributed by atoms with Gasteiger partial charge in [0.1, 0.15) is 0 Å². The van der Waals surface area contributed by atoms with E-state index in [1.54, 1.807) is 23.6 Å². The van der Waals surface area contributed by atoms with Crippen molar-refractivity contribution in [3.8, 4) is 0 Å². The predicted molar refractivity (Wildman–Crippen MR) is 79.8 cm³/mol. The lowest BCUT2D eigenvalue weighted by molar-refractivity contribution is -0.384. The van der Waals surface area contributed by atoms with Gasteiger partial charge in [0.2, 0.25) is 0 Å². The molecule has 6 nitrogen and oxygen atoms in total. The van der Waals surface area contributed by atoms with Crippen molar-refractivity contribution < 1.29 is 14.8 Å². The van der Waals surface area contributed by atoms with E-state index in [1.165, 1.54) is 23.5 Å². The van der Waals surface area contributed by atoms with Crippen LogP contribution in [0, 0.1) is 10.1 Å². The fraction of sp³-hybridized carbons (Fsp3) is 0.214. The van der Waals surface area contributed by atoms with Crippen molar-refractivity contribution in [1.82, 2.24) is 5.32 Å². The third-order valence-corrected chi connectivity index (χ3v) is 3.87. The van der Waals surface area contributed by atoms with Crippen LogP contribution < -0.4 is 5.32 Å². The second-order valence-corrected chi connectivity index (χ2v) is 5.45. The van der Waals surface area contributed by atoms with Gasteiger partial charge in [0.15, 0.2) is 0 Å². The number of nitro benzene ring substituents is 1. The number of carbonyl (C=O) groups is 1. The molecule has 0 bridgehead atoms. The number of nitrogens with zero attached hydrogens (tertiary/aromatic N) is 1. The van der Waals surface area contributed by atoms with Crippen LogP contribution in [-0.4, -0.2) is 22.5 Å². The van der Waals surface area contributed by atoms with Gasteiger partial charge < -0.3 is 10.4 Å². The molecule has 0 aliphatic heterocycles. The smallest absolute Gasteiger partial charge is 0.336 e. The number of non-ortho nitro benzene ring substituents is 1. The van der Waals surface area contributed by atoms with Crippen molar-refractivity contribution in [2.24, 2.45) is 0 Å². The van der Waals surface area contributed by atoms with E-state index in [1.807, 2.05) is 0 Å². The summed E-state index contributed by atoms with van der Waals surface area (Å²) in [6.07, 6.45) is 0.759. The summed E-state index contributed by atoms with van der Waals surface area (Å²) in [4.78, 5) is 21.8. The first kappa shape index (κ1) is 15.1. The van der Waals surface area contributed by atoms with Crippen LogP contribution in [0.1, 0.15) is 20.8 Å². The molecule has 7 heteroatoms. The molecule has 0 unspecified atom stereocenters. The highest BCUT2D eigenvalue weighted by atomic mass is 32.1. The largest absolute Gasteiger partial charge is 0.478 e. The van der Waals surface area contributed by atoms with Crippen molar-refractivity contribution in [1.29, 1.82) is 0 Å². The van der Waals surface area contributed by atoms with E-state index in [2.05, 4.69) is 5.32 Å². The van der Waals surface area contributed by atoms with Gasteiger partial charge in [-0.15, -0.1) is 11.3 Å². The molecule has 2 rings (SSSR count). The van der Waals surface area contributed by atoms with Crippen LogP contribution in [0.15, 0.2) is 35.7 Å². The normalized spacial score (nSPS) is 10.5. The first-order chi connectivity index (χ1) is 10.1. The minimum atomic E-state index is -0.914. The van der Waals surface area contributed by atoms with Gasteiger partial charge in [-0.2, -0.15) is 0 Å². The topological polar surface area (TPSA) is 92.5 Å². The Morgan fingerprint density at radius 1 is 1.33 bits per heavy atom. The highest BCUT2D eigenvalue weighted by Crippen LogP contribution is 2.15. The summed E-state index contributed by atoms with van der Waals surface area (Å²) < 4.78 is 0. The van der Waals surface area contributed by atoms with Crippen molar-refractivity contribution in [3.63, 3.8) is 0 Å². The highest BCUT2D eigenvalue weighted by molar-refractivity contribution is 7.10. The summed E-state index contributed by atoms with van der Waals surface area (Å²) in [5.41, 5.74) is 1.42. The molecule has 0 aliphatic carbocycles. The summed E-state index contributed by atoms with van der Waals surface area (Å²) in [6, 6.07) is 8.13. The zero-order chi connectivity index (χ0) is 15.2. The van der Waals surface area contributed by atoms with Crippen molar-refractivity contribution in [2.75, 3.05) is 6.54 Å². The Hall–Kier alpha value is -2.25. The molecule has 0 radical (unpaired) electrons. The van der Waals surface area contributed by atoms with Gasteiger partial charge in [-0.05, 0) is 24.6 Å². The van der Waals surface area contributed by atoms with Crippen LogP contribution >= 0.6 is 11.3 Å².